The van der Waals surface area contributed by atoms with Crippen molar-refractivity contribution in [1.29, 1.82) is 0 Å². The van der Waals surface area contributed by atoms with Gasteiger partial charge in [-0.3, -0.25) is 0 Å². The van der Waals surface area contributed by atoms with E-state index < -0.39 is 0 Å². The summed E-state index contributed by atoms with van der Waals surface area (Å²) in [5.41, 5.74) is 5.97. The third-order valence-corrected chi connectivity index (χ3v) is 16.0. The van der Waals surface area contributed by atoms with E-state index in [4.69, 9.17) is 0 Å². The summed E-state index contributed by atoms with van der Waals surface area (Å²) in [5, 5.41) is 10.2. The van der Waals surface area contributed by atoms with Gasteiger partial charge in [0.05, 0.1) is 10.8 Å². The molecule has 10 heteroatoms. The van der Waals surface area contributed by atoms with Crippen LogP contribution >= 0.6 is 31.9 Å². The second-order valence-electron chi connectivity index (χ2n) is 17.3. The van der Waals surface area contributed by atoms with Crippen molar-refractivity contribution >= 4 is 64.0 Å². The Labute approximate surface area is 376 Å². The Hall–Kier alpha value is -3.49. The molecule has 0 radical (unpaired) electrons. The Morgan fingerprint density at radius 3 is 1.62 bits per heavy atom. The third kappa shape index (κ3) is 11.4. The molecule has 2 aromatic carbocycles. The molecule has 326 valence electrons. The first kappa shape index (κ1) is 45.5. The van der Waals surface area contributed by atoms with Gasteiger partial charge >= 0.3 is 0 Å². The lowest BCUT2D eigenvalue weighted by molar-refractivity contribution is 0.161. The molecule has 1 unspecified atom stereocenters. The summed E-state index contributed by atoms with van der Waals surface area (Å²) in [5.74, 6) is 3.08. The van der Waals surface area contributed by atoms with E-state index in [1.165, 1.54) is 157 Å². The molecule has 61 heavy (non-hydrogen) atoms. The maximum absolute atomic E-state index is 4.66. The van der Waals surface area contributed by atoms with Crippen molar-refractivity contribution in [2.24, 2.45) is 5.92 Å². The van der Waals surface area contributed by atoms with Crippen LogP contribution in [0.2, 0.25) is 0 Å². The molecule has 4 aromatic heterocycles. The van der Waals surface area contributed by atoms with Gasteiger partial charge in [0.25, 0.3) is 0 Å². The quantitative estimate of drug-likeness (QED) is 0.112. The highest BCUT2D eigenvalue weighted by molar-refractivity contribution is 7.19. The zero-order valence-corrected chi connectivity index (χ0v) is 38.8. The van der Waals surface area contributed by atoms with E-state index in [9.17, 15) is 0 Å². The van der Waals surface area contributed by atoms with Crippen LogP contribution in [0.5, 0.6) is 0 Å². The second kappa shape index (κ2) is 22.7. The minimum absolute atomic E-state index is 0. The van der Waals surface area contributed by atoms with E-state index in [2.05, 4.69) is 112 Å². The molecule has 0 aliphatic heterocycles. The van der Waals surface area contributed by atoms with Gasteiger partial charge in [0.2, 0.25) is 0 Å². The molecule has 2 fully saturated rings. The van der Waals surface area contributed by atoms with Gasteiger partial charge in [-0.25, -0.2) is 19.9 Å². The minimum Gasteiger partial charge on any atom is -0.367 e. The molecule has 7 nitrogen and oxygen atoms in total. The van der Waals surface area contributed by atoms with Crippen LogP contribution in [-0.2, 0) is 38.5 Å². The number of anilines is 2. The smallest absolute Gasteiger partial charge is 0.138 e. The molecule has 6 aromatic rings. The largest absolute Gasteiger partial charge is 0.367 e. The lowest BCUT2D eigenvalue weighted by Gasteiger charge is -2.37. The first-order chi connectivity index (χ1) is 29.7. The van der Waals surface area contributed by atoms with Crippen LogP contribution < -0.4 is 10.6 Å². The maximum Gasteiger partial charge on any atom is 0.138 e. The molecule has 0 saturated heterocycles. The lowest BCUT2D eigenvalue weighted by Crippen LogP contribution is -2.41. The third-order valence-electron chi connectivity index (χ3n) is 13.6. The minimum atomic E-state index is 0. The van der Waals surface area contributed by atoms with Crippen LogP contribution in [0.3, 0.4) is 0 Å². The van der Waals surface area contributed by atoms with Gasteiger partial charge in [0, 0.05) is 34.4 Å². The average Bonchev–Trinajstić information content (AvgIpc) is 4.10. The highest BCUT2D eigenvalue weighted by Gasteiger charge is 2.28. The average molecular weight is 876 g/mol. The maximum atomic E-state index is 4.66. The van der Waals surface area contributed by atoms with E-state index in [1.54, 1.807) is 17.5 Å². The van der Waals surface area contributed by atoms with Crippen molar-refractivity contribution in [3.05, 3.63) is 105 Å². The zero-order valence-electron chi connectivity index (χ0n) is 36.0. The molecule has 4 heterocycles. The zero-order chi connectivity index (χ0) is 41.1. The molecule has 4 aliphatic rings. The van der Waals surface area contributed by atoms with E-state index in [-0.39, 0.29) is 7.43 Å². The van der Waals surface area contributed by atoms with Crippen molar-refractivity contribution in [3.8, 4) is 0 Å². The van der Waals surface area contributed by atoms with Gasteiger partial charge < -0.3 is 15.5 Å². The number of likely N-dealkylation sites (N-methyl/N-ethyl adjacent to an activating group) is 1. The molecule has 2 N–H and O–H groups in total. The normalized spacial score (nSPS) is 20.5. The number of hydrogen-bond donors (Lipinski definition) is 2. The molecule has 4 aliphatic carbocycles. The van der Waals surface area contributed by atoms with Crippen molar-refractivity contribution in [2.45, 2.75) is 148 Å². The summed E-state index contributed by atoms with van der Waals surface area (Å²) >= 11 is 3.75. The van der Waals surface area contributed by atoms with E-state index in [1.807, 2.05) is 29.3 Å². The standard InChI is InChI=1S/C25H32N4S.C24H29N3S.CH5P.CH4/c1-2-29(16-15-18-7-4-3-5-8-18)20-13-11-19(12-14-20)28-24-23-21-9-6-10-22(21)30-25(23)27-17-26-24;1-2-6-17(7-3-1)8-4-9-18-12-14-19(15-13-18)27-23-22-20-10-5-11-21(20)28-24(22)26-16-25-23;1-2;/h3-5,7-8,17,19-20H,2,6,9-16H2,1H3,(H,26,27,28);1-3,6-7,16,18-19H,4-5,8-15H2,(H,25,26,27);2H2,1H3;1H4. The Morgan fingerprint density at radius 1 is 0.623 bits per heavy atom. The molecule has 0 bridgehead atoms. The summed E-state index contributed by atoms with van der Waals surface area (Å²) in [7, 11) is 2.42. The summed E-state index contributed by atoms with van der Waals surface area (Å²) in [4.78, 5) is 26.5. The van der Waals surface area contributed by atoms with Crippen LogP contribution in [0.4, 0.5) is 11.6 Å². The highest BCUT2D eigenvalue weighted by atomic mass is 32.1. The number of hydrogen-bond acceptors (Lipinski definition) is 9. The fraction of sp³-hybridized carbons (Fsp3) is 0.529. The van der Waals surface area contributed by atoms with Crippen molar-refractivity contribution in [2.75, 3.05) is 30.4 Å². The predicted molar refractivity (Wildman–Crippen MR) is 267 cm³/mol. The number of rotatable bonds is 13. The van der Waals surface area contributed by atoms with Crippen LogP contribution in [0.25, 0.3) is 20.4 Å². The Bertz CT molecular complexity index is 2230. The molecule has 0 spiro atoms. The summed E-state index contributed by atoms with van der Waals surface area (Å²) in [6.45, 7) is 6.53. The Morgan fingerprint density at radius 2 is 1.11 bits per heavy atom. The van der Waals surface area contributed by atoms with Gasteiger partial charge in [-0.1, -0.05) is 88.1 Å². The summed E-state index contributed by atoms with van der Waals surface area (Å²) in [6.07, 6.45) is 26.2. The van der Waals surface area contributed by atoms with Crippen LogP contribution in [-0.4, -0.2) is 62.7 Å². The van der Waals surface area contributed by atoms with Crippen LogP contribution in [0.15, 0.2) is 73.3 Å². The number of aryl methyl sites for hydroxylation is 5. The lowest BCUT2D eigenvalue weighted by atomic mass is 9.83. The number of thiophene rings is 2. The summed E-state index contributed by atoms with van der Waals surface area (Å²) < 4.78 is 0. The van der Waals surface area contributed by atoms with Crippen LogP contribution in [0, 0.1) is 5.92 Å². The molecule has 0 amide bonds. The molecular formula is C51H70N7PS2. The van der Waals surface area contributed by atoms with E-state index >= 15 is 0 Å². The van der Waals surface area contributed by atoms with Gasteiger partial charge in [0.1, 0.15) is 34.0 Å². The number of nitrogens with one attached hydrogen (secondary N) is 2. The molecule has 2 saturated carbocycles. The topological polar surface area (TPSA) is 78.9 Å². The Kier molecular flexibility index (Phi) is 17.0. The number of nitrogens with zero attached hydrogens (tertiary/aromatic N) is 5. The second-order valence-corrected chi connectivity index (χ2v) is 19.4. The number of benzene rings is 2. The summed E-state index contributed by atoms with van der Waals surface area (Å²) in [6, 6.07) is 23.6. The molecule has 1 atom stereocenters. The number of fused-ring (bicyclic) bond motifs is 6. The van der Waals surface area contributed by atoms with E-state index in [0.29, 0.717) is 18.1 Å². The fourth-order valence-electron chi connectivity index (χ4n) is 10.4. The first-order valence-corrected chi connectivity index (χ1v) is 25.9. The Balaban J connectivity index is 0.000000174. The predicted octanol–water partition coefficient (Wildman–Crippen LogP) is 12.8. The van der Waals surface area contributed by atoms with E-state index in [0.717, 1.165) is 37.1 Å². The van der Waals surface area contributed by atoms with Gasteiger partial charge in [0.15, 0.2) is 0 Å². The van der Waals surface area contributed by atoms with Crippen LogP contribution in [0.1, 0.15) is 123 Å². The van der Waals surface area contributed by atoms with Gasteiger partial charge in [-0.2, -0.15) is 0 Å². The molecule has 10 rings (SSSR count). The van der Waals surface area contributed by atoms with Crippen molar-refractivity contribution < 1.29 is 0 Å². The highest BCUT2D eigenvalue weighted by Crippen LogP contribution is 2.41. The van der Waals surface area contributed by atoms with Crippen molar-refractivity contribution in [3.63, 3.8) is 0 Å². The first-order valence-electron chi connectivity index (χ1n) is 23.1. The SMILES string of the molecule is C.CCN(CCc1ccccc1)C1CCC(Nc2ncnc3sc4c(c23)CCC4)CC1.CP.c1ccc(CCCC2CCC(Nc3ncnc4sc5c(c34)CCC5)CC2)cc1. The number of aromatic nitrogens is 4. The molecular weight excluding hydrogens is 806 g/mol. The monoisotopic (exact) mass is 875 g/mol. The fourth-order valence-corrected chi connectivity index (χ4v) is 12.9. The van der Waals surface area contributed by atoms with Gasteiger partial charge in [-0.05, 0) is 144 Å². The van der Waals surface area contributed by atoms with Gasteiger partial charge in [-0.15, -0.1) is 31.9 Å². The van der Waals surface area contributed by atoms with Crippen molar-refractivity contribution in [1.82, 2.24) is 24.8 Å².